The molecule has 152 valence electrons. The third-order valence-corrected chi connectivity index (χ3v) is 5.44. The van der Waals surface area contributed by atoms with Gasteiger partial charge in [0.2, 0.25) is 0 Å². The summed E-state index contributed by atoms with van der Waals surface area (Å²) in [4.78, 5) is 33.4. The summed E-state index contributed by atoms with van der Waals surface area (Å²) in [6.07, 6.45) is 6.35. The van der Waals surface area contributed by atoms with Gasteiger partial charge in [-0.1, -0.05) is 6.42 Å². The van der Waals surface area contributed by atoms with Crippen molar-refractivity contribution in [1.29, 1.82) is 0 Å². The number of benzene rings is 1. The Labute approximate surface area is 170 Å². The van der Waals surface area contributed by atoms with E-state index < -0.39 is 6.10 Å². The van der Waals surface area contributed by atoms with Gasteiger partial charge in [0.25, 0.3) is 11.8 Å². The molecule has 4 rings (SSSR count). The summed E-state index contributed by atoms with van der Waals surface area (Å²) >= 11 is 0. The van der Waals surface area contributed by atoms with E-state index in [9.17, 15) is 9.59 Å². The molecule has 0 saturated carbocycles. The van der Waals surface area contributed by atoms with Crippen LogP contribution in [0, 0.1) is 0 Å². The van der Waals surface area contributed by atoms with Crippen molar-refractivity contribution in [2.24, 2.45) is 0 Å². The summed E-state index contributed by atoms with van der Waals surface area (Å²) in [5.41, 5.74) is 1.80. The topological polar surface area (TPSA) is 74.8 Å². The average molecular weight is 394 g/mol. The third kappa shape index (κ3) is 4.40. The molecule has 1 aromatic carbocycles. The van der Waals surface area contributed by atoms with Crippen LogP contribution in [0.4, 0.5) is 11.4 Å². The molecule has 0 aliphatic carbocycles. The maximum atomic E-state index is 12.8. The van der Waals surface area contributed by atoms with E-state index >= 15 is 0 Å². The van der Waals surface area contributed by atoms with Crippen LogP contribution in [-0.2, 0) is 4.79 Å². The van der Waals surface area contributed by atoms with Gasteiger partial charge in [0.1, 0.15) is 5.75 Å². The van der Waals surface area contributed by atoms with Crippen LogP contribution in [-0.4, -0.2) is 54.0 Å². The van der Waals surface area contributed by atoms with Crippen molar-refractivity contribution in [1.82, 2.24) is 9.88 Å². The molecule has 1 fully saturated rings. The predicted octanol–water partition coefficient (Wildman–Crippen LogP) is 2.93. The Kier molecular flexibility index (Phi) is 5.76. The van der Waals surface area contributed by atoms with Crippen LogP contribution < -0.4 is 15.0 Å². The quantitative estimate of drug-likeness (QED) is 0.844. The number of hydrogen-bond acceptors (Lipinski definition) is 5. The fourth-order valence-electron chi connectivity index (χ4n) is 3.84. The minimum absolute atomic E-state index is 0.0507. The number of nitrogens with zero attached hydrogens (tertiary/aromatic N) is 3. The van der Waals surface area contributed by atoms with Gasteiger partial charge in [0, 0.05) is 31.2 Å². The van der Waals surface area contributed by atoms with Gasteiger partial charge in [-0.05, 0) is 63.2 Å². The Bertz CT molecular complexity index is 881. The smallest absolute Gasteiger partial charge is 0.267 e. The zero-order valence-corrected chi connectivity index (χ0v) is 16.6. The Hall–Kier alpha value is -2.93. The molecule has 7 nitrogen and oxygen atoms in total. The largest absolute Gasteiger partial charge is 0.479 e. The van der Waals surface area contributed by atoms with Crippen LogP contribution in [0.5, 0.6) is 5.75 Å². The molecule has 29 heavy (non-hydrogen) atoms. The highest BCUT2D eigenvalue weighted by Crippen LogP contribution is 2.36. The number of carbonyl (C=O) groups is 2. The number of aromatic nitrogens is 1. The number of nitrogens with one attached hydrogen (secondary N) is 1. The zero-order valence-electron chi connectivity index (χ0n) is 16.6. The number of ether oxygens (including phenoxy) is 1. The first-order chi connectivity index (χ1) is 14.1. The molecule has 0 spiro atoms. The van der Waals surface area contributed by atoms with Gasteiger partial charge >= 0.3 is 0 Å². The summed E-state index contributed by atoms with van der Waals surface area (Å²) in [6, 6.07) is 8.84. The number of anilines is 2. The summed E-state index contributed by atoms with van der Waals surface area (Å²) in [5, 5.41) is 2.88. The lowest BCUT2D eigenvalue weighted by Gasteiger charge is -2.35. The minimum Gasteiger partial charge on any atom is -0.479 e. The lowest BCUT2D eigenvalue weighted by molar-refractivity contribution is -0.125. The number of fused-ring (bicyclic) bond motifs is 1. The maximum Gasteiger partial charge on any atom is 0.267 e. The maximum absolute atomic E-state index is 12.8. The van der Waals surface area contributed by atoms with Crippen molar-refractivity contribution >= 4 is 23.2 Å². The number of rotatable bonds is 5. The first-order valence-corrected chi connectivity index (χ1v) is 10.2. The van der Waals surface area contributed by atoms with Crippen LogP contribution in [0.25, 0.3) is 0 Å². The fraction of sp³-hybridized carbons (Fsp3) is 0.409. The standard InChI is InChI=1S/C22H26N4O3/c1-16-22(28)26(13-12-25-10-3-2-4-11-25)19-14-18(7-8-20(19)29-16)24-21(27)17-6-5-9-23-15-17/h5-9,14-16H,2-4,10-13H2,1H3,(H,24,27). The molecule has 1 aromatic heterocycles. The van der Waals surface area contributed by atoms with Crippen molar-refractivity contribution in [3.63, 3.8) is 0 Å². The fourth-order valence-corrected chi connectivity index (χ4v) is 3.84. The lowest BCUT2D eigenvalue weighted by atomic mass is 10.1. The van der Waals surface area contributed by atoms with Crippen molar-refractivity contribution in [2.75, 3.05) is 36.4 Å². The Morgan fingerprint density at radius 2 is 2.03 bits per heavy atom. The van der Waals surface area contributed by atoms with Crippen molar-refractivity contribution in [3.05, 3.63) is 48.3 Å². The van der Waals surface area contributed by atoms with E-state index in [-0.39, 0.29) is 11.8 Å². The van der Waals surface area contributed by atoms with Crippen LogP contribution in [0.15, 0.2) is 42.7 Å². The molecule has 7 heteroatoms. The second kappa shape index (κ2) is 8.61. The Morgan fingerprint density at radius 1 is 1.21 bits per heavy atom. The molecule has 2 amide bonds. The van der Waals surface area contributed by atoms with E-state index in [2.05, 4.69) is 15.2 Å². The van der Waals surface area contributed by atoms with Gasteiger partial charge in [-0.25, -0.2) is 0 Å². The van der Waals surface area contributed by atoms with Crippen molar-refractivity contribution in [3.8, 4) is 5.75 Å². The average Bonchev–Trinajstić information content (AvgIpc) is 2.76. The molecule has 1 N–H and O–H groups in total. The van der Waals surface area contributed by atoms with E-state index in [0.717, 1.165) is 19.6 Å². The summed E-state index contributed by atoms with van der Waals surface area (Å²) in [6.45, 7) is 5.39. The molecule has 2 aliphatic heterocycles. The summed E-state index contributed by atoms with van der Waals surface area (Å²) in [7, 11) is 0. The number of pyridine rings is 1. The van der Waals surface area contributed by atoms with Crippen LogP contribution in [0.3, 0.4) is 0 Å². The number of hydrogen-bond donors (Lipinski definition) is 1. The molecule has 1 saturated heterocycles. The number of carbonyl (C=O) groups excluding carboxylic acids is 2. The number of likely N-dealkylation sites (tertiary alicyclic amines) is 1. The third-order valence-electron chi connectivity index (χ3n) is 5.44. The van der Waals surface area contributed by atoms with Gasteiger partial charge in [0.05, 0.1) is 11.3 Å². The lowest BCUT2D eigenvalue weighted by Crippen LogP contribution is -2.48. The van der Waals surface area contributed by atoms with Gasteiger partial charge in [0.15, 0.2) is 6.10 Å². The SMILES string of the molecule is CC1Oc2ccc(NC(=O)c3cccnc3)cc2N(CCN2CCCCC2)C1=O. The second-order valence-corrected chi connectivity index (χ2v) is 7.53. The van der Waals surface area contributed by atoms with E-state index in [1.165, 1.54) is 25.5 Å². The van der Waals surface area contributed by atoms with Gasteiger partial charge < -0.3 is 19.9 Å². The second-order valence-electron chi connectivity index (χ2n) is 7.53. The monoisotopic (exact) mass is 394 g/mol. The minimum atomic E-state index is -0.514. The number of amides is 2. The van der Waals surface area contributed by atoms with Gasteiger partial charge in [-0.15, -0.1) is 0 Å². The molecule has 1 atom stereocenters. The van der Waals surface area contributed by atoms with Gasteiger partial charge in [-0.3, -0.25) is 14.6 Å². The summed E-state index contributed by atoms with van der Waals surface area (Å²) in [5.74, 6) is 0.370. The van der Waals surface area contributed by atoms with Crippen LogP contribution >= 0.6 is 0 Å². The Balaban J connectivity index is 1.52. The predicted molar refractivity (Wildman–Crippen MR) is 111 cm³/mol. The molecule has 1 unspecified atom stereocenters. The van der Waals surface area contributed by atoms with E-state index in [4.69, 9.17) is 4.74 Å². The number of piperidine rings is 1. The molecule has 0 radical (unpaired) electrons. The highest BCUT2D eigenvalue weighted by molar-refractivity contribution is 6.05. The molecule has 3 heterocycles. The van der Waals surface area contributed by atoms with E-state index in [0.29, 0.717) is 29.2 Å². The molecular weight excluding hydrogens is 368 g/mol. The Morgan fingerprint density at radius 3 is 2.79 bits per heavy atom. The highest BCUT2D eigenvalue weighted by atomic mass is 16.5. The zero-order chi connectivity index (χ0) is 20.2. The van der Waals surface area contributed by atoms with Crippen LogP contribution in [0.1, 0.15) is 36.5 Å². The first kappa shape index (κ1) is 19.4. The van der Waals surface area contributed by atoms with Crippen molar-refractivity contribution < 1.29 is 14.3 Å². The molecular formula is C22H26N4O3. The molecule has 0 bridgehead atoms. The van der Waals surface area contributed by atoms with E-state index in [1.807, 2.05) is 12.1 Å². The van der Waals surface area contributed by atoms with Gasteiger partial charge in [-0.2, -0.15) is 0 Å². The van der Waals surface area contributed by atoms with E-state index in [1.54, 1.807) is 36.2 Å². The molecule has 2 aliphatic rings. The molecule has 2 aromatic rings. The summed E-state index contributed by atoms with van der Waals surface area (Å²) < 4.78 is 5.78. The highest BCUT2D eigenvalue weighted by Gasteiger charge is 2.32. The van der Waals surface area contributed by atoms with Crippen molar-refractivity contribution in [2.45, 2.75) is 32.3 Å². The first-order valence-electron chi connectivity index (χ1n) is 10.2. The normalized spacial score (nSPS) is 19.4. The van der Waals surface area contributed by atoms with Crippen LogP contribution in [0.2, 0.25) is 0 Å².